The van der Waals surface area contributed by atoms with Crippen LogP contribution in [-0.2, 0) is 16.4 Å². The van der Waals surface area contributed by atoms with E-state index in [0.29, 0.717) is 12.2 Å². The van der Waals surface area contributed by atoms with Crippen LogP contribution >= 0.6 is 0 Å². The maximum atomic E-state index is 12.1. The van der Waals surface area contributed by atoms with Gasteiger partial charge in [-0.1, -0.05) is 24.3 Å². The van der Waals surface area contributed by atoms with Gasteiger partial charge in [-0.3, -0.25) is 5.10 Å². The first-order valence-corrected chi connectivity index (χ1v) is 7.63. The van der Waals surface area contributed by atoms with E-state index in [4.69, 9.17) is 0 Å². The predicted molar refractivity (Wildman–Crippen MR) is 71.4 cm³/mol. The van der Waals surface area contributed by atoms with Crippen LogP contribution < -0.4 is 4.72 Å². The van der Waals surface area contributed by atoms with E-state index in [2.05, 4.69) is 27.1 Å². The van der Waals surface area contributed by atoms with Gasteiger partial charge in [0.05, 0.1) is 11.9 Å². The Morgan fingerprint density at radius 3 is 2.89 bits per heavy atom. The summed E-state index contributed by atoms with van der Waals surface area (Å²) in [6, 6.07) is 8.13. The van der Waals surface area contributed by atoms with E-state index >= 15 is 0 Å². The molecule has 6 heteroatoms. The number of nitrogens with one attached hydrogen (secondary N) is 2. The molecule has 1 aromatic heterocycles. The Hall–Kier alpha value is -1.66. The Labute approximate surface area is 112 Å². The van der Waals surface area contributed by atoms with Gasteiger partial charge in [-0.15, -0.1) is 0 Å². The van der Waals surface area contributed by atoms with E-state index in [1.165, 1.54) is 17.3 Å². The van der Waals surface area contributed by atoms with Gasteiger partial charge in [0.15, 0.2) is 0 Å². The third kappa shape index (κ3) is 2.17. The lowest BCUT2D eigenvalue weighted by Gasteiger charge is -2.30. The zero-order valence-corrected chi connectivity index (χ0v) is 11.4. The van der Waals surface area contributed by atoms with Crippen molar-refractivity contribution in [3.63, 3.8) is 0 Å². The minimum atomic E-state index is -3.47. The van der Waals surface area contributed by atoms with Crippen molar-refractivity contribution in [1.29, 1.82) is 0 Å². The second-order valence-corrected chi connectivity index (χ2v) is 6.55. The highest BCUT2D eigenvalue weighted by Crippen LogP contribution is 2.34. The van der Waals surface area contributed by atoms with Crippen molar-refractivity contribution >= 4 is 10.0 Å². The molecule has 1 heterocycles. The number of H-pyrrole nitrogens is 1. The fraction of sp³-hybridized carbons (Fsp3) is 0.308. The van der Waals surface area contributed by atoms with Crippen LogP contribution in [0.5, 0.6) is 0 Å². The molecule has 0 saturated carbocycles. The first kappa shape index (κ1) is 12.4. The maximum Gasteiger partial charge on any atom is 0.243 e. The highest BCUT2D eigenvalue weighted by Gasteiger charge is 2.27. The number of hydrogen-bond donors (Lipinski definition) is 2. The van der Waals surface area contributed by atoms with Gasteiger partial charge in [0, 0.05) is 12.5 Å². The molecule has 0 fully saturated rings. The maximum absolute atomic E-state index is 12.1. The van der Waals surface area contributed by atoms with Crippen molar-refractivity contribution in [2.24, 2.45) is 0 Å². The number of rotatable bonds is 4. The van der Waals surface area contributed by atoms with Gasteiger partial charge in [-0.2, -0.15) is 5.10 Å². The monoisotopic (exact) mass is 277 g/mol. The van der Waals surface area contributed by atoms with Crippen LogP contribution in [-0.4, -0.2) is 25.2 Å². The van der Waals surface area contributed by atoms with Crippen LogP contribution in [0.3, 0.4) is 0 Å². The standard InChI is InChI=1S/C13H15N3O2S/c1-9-13(8-14-16-9)19(17,18)15-7-11-6-10-4-2-3-5-12(10)11/h2-5,8,11,15H,6-7H2,1H3,(H,14,16). The minimum Gasteiger partial charge on any atom is -0.281 e. The first-order chi connectivity index (χ1) is 9.08. The number of hydrogen-bond acceptors (Lipinski definition) is 3. The SMILES string of the molecule is Cc1[nH]ncc1S(=O)(=O)NCC1Cc2ccccc21. The van der Waals surface area contributed by atoms with Crippen molar-refractivity contribution < 1.29 is 8.42 Å². The van der Waals surface area contributed by atoms with Crippen LogP contribution in [0.25, 0.3) is 0 Å². The van der Waals surface area contributed by atoms with E-state index in [1.54, 1.807) is 6.92 Å². The first-order valence-electron chi connectivity index (χ1n) is 6.15. The molecule has 1 unspecified atom stereocenters. The lowest BCUT2D eigenvalue weighted by Crippen LogP contribution is -2.33. The summed E-state index contributed by atoms with van der Waals surface area (Å²) in [7, 11) is -3.47. The molecule has 1 atom stereocenters. The quantitative estimate of drug-likeness (QED) is 0.885. The molecule has 0 saturated heterocycles. The summed E-state index contributed by atoms with van der Waals surface area (Å²) in [5.41, 5.74) is 3.11. The van der Waals surface area contributed by atoms with Gasteiger partial charge in [-0.05, 0) is 24.5 Å². The number of benzene rings is 1. The van der Waals surface area contributed by atoms with Crippen LogP contribution in [0, 0.1) is 6.92 Å². The molecule has 2 N–H and O–H groups in total. The number of aryl methyl sites for hydroxylation is 1. The summed E-state index contributed by atoms with van der Waals surface area (Å²) in [5.74, 6) is 0.276. The van der Waals surface area contributed by atoms with Crippen molar-refractivity contribution in [3.8, 4) is 0 Å². The van der Waals surface area contributed by atoms with E-state index in [1.807, 2.05) is 12.1 Å². The summed E-state index contributed by atoms with van der Waals surface area (Å²) in [4.78, 5) is 0.222. The molecule has 2 aromatic rings. The van der Waals surface area contributed by atoms with E-state index in [0.717, 1.165) is 6.42 Å². The molecular weight excluding hydrogens is 262 g/mol. The van der Waals surface area contributed by atoms with E-state index in [-0.39, 0.29) is 10.8 Å². The smallest absolute Gasteiger partial charge is 0.243 e. The highest BCUT2D eigenvalue weighted by atomic mass is 32.2. The fourth-order valence-electron chi connectivity index (χ4n) is 2.44. The molecule has 3 rings (SSSR count). The Morgan fingerprint density at radius 2 is 2.21 bits per heavy atom. The molecule has 1 aliphatic carbocycles. The average molecular weight is 277 g/mol. The van der Waals surface area contributed by atoms with Crippen LogP contribution in [0.15, 0.2) is 35.4 Å². The van der Waals surface area contributed by atoms with Crippen LogP contribution in [0.4, 0.5) is 0 Å². The Balaban J connectivity index is 1.70. The number of fused-ring (bicyclic) bond motifs is 1. The summed E-state index contributed by atoms with van der Waals surface area (Å²) in [6.45, 7) is 2.13. The van der Waals surface area contributed by atoms with Gasteiger partial charge >= 0.3 is 0 Å². The average Bonchev–Trinajstić information content (AvgIpc) is 2.77. The molecule has 100 valence electrons. The predicted octanol–water partition coefficient (Wildman–Crippen LogP) is 1.34. The third-order valence-electron chi connectivity index (χ3n) is 3.55. The Morgan fingerprint density at radius 1 is 1.42 bits per heavy atom. The third-order valence-corrected chi connectivity index (χ3v) is 5.09. The van der Waals surface area contributed by atoms with Crippen molar-refractivity contribution in [3.05, 3.63) is 47.3 Å². The zero-order chi connectivity index (χ0) is 13.5. The van der Waals surface area contributed by atoms with Crippen LogP contribution in [0.1, 0.15) is 22.7 Å². The normalized spacial score (nSPS) is 17.8. The summed E-state index contributed by atoms with van der Waals surface area (Å²) < 4.78 is 26.9. The number of nitrogens with zero attached hydrogens (tertiary/aromatic N) is 1. The second-order valence-electron chi connectivity index (χ2n) is 4.81. The Bertz CT molecular complexity index is 706. The molecule has 0 radical (unpaired) electrons. The molecule has 0 aliphatic heterocycles. The van der Waals surface area contributed by atoms with Gasteiger partial charge in [0.25, 0.3) is 0 Å². The summed E-state index contributed by atoms with van der Waals surface area (Å²) in [6.07, 6.45) is 2.27. The van der Waals surface area contributed by atoms with Crippen molar-refractivity contribution in [2.75, 3.05) is 6.54 Å². The number of aromatic amines is 1. The van der Waals surface area contributed by atoms with E-state index < -0.39 is 10.0 Å². The van der Waals surface area contributed by atoms with Gasteiger partial charge in [0.2, 0.25) is 10.0 Å². The van der Waals surface area contributed by atoms with Crippen molar-refractivity contribution in [1.82, 2.24) is 14.9 Å². The summed E-state index contributed by atoms with van der Waals surface area (Å²) in [5, 5.41) is 6.38. The fourth-order valence-corrected chi connectivity index (χ4v) is 3.66. The zero-order valence-electron chi connectivity index (χ0n) is 10.6. The van der Waals surface area contributed by atoms with Gasteiger partial charge in [0.1, 0.15) is 4.90 Å². The molecule has 19 heavy (non-hydrogen) atoms. The Kier molecular flexibility index (Phi) is 2.91. The molecule has 0 spiro atoms. The lowest BCUT2D eigenvalue weighted by molar-refractivity contribution is 0.551. The largest absolute Gasteiger partial charge is 0.281 e. The molecule has 1 aromatic carbocycles. The summed E-state index contributed by atoms with van der Waals surface area (Å²) >= 11 is 0. The number of aromatic nitrogens is 2. The second kappa shape index (κ2) is 4.47. The van der Waals surface area contributed by atoms with E-state index in [9.17, 15) is 8.42 Å². The minimum absolute atomic E-state index is 0.222. The van der Waals surface area contributed by atoms with Gasteiger partial charge < -0.3 is 0 Å². The molecular formula is C13H15N3O2S. The molecule has 0 amide bonds. The number of sulfonamides is 1. The van der Waals surface area contributed by atoms with Gasteiger partial charge in [-0.25, -0.2) is 13.1 Å². The van der Waals surface area contributed by atoms with Crippen LogP contribution in [0.2, 0.25) is 0 Å². The lowest BCUT2D eigenvalue weighted by atomic mass is 9.78. The molecule has 1 aliphatic rings. The molecule has 0 bridgehead atoms. The highest BCUT2D eigenvalue weighted by molar-refractivity contribution is 7.89. The topological polar surface area (TPSA) is 74.8 Å². The molecule has 5 nitrogen and oxygen atoms in total. The van der Waals surface area contributed by atoms with Crippen molar-refractivity contribution in [2.45, 2.75) is 24.2 Å².